The molecule has 2 aromatic rings. The molecule has 0 N–H and O–H groups in total. The van der Waals surface area contributed by atoms with Crippen LogP contribution in [-0.4, -0.2) is 38.8 Å². The first kappa shape index (κ1) is 25.7. The van der Waals surface area contributed by atoms with Crippen molar-refractivity contribution in [1.82, 2.24) is 14.4 Å². The Bertz CT molecular complexity index is 865. The van der Waals surface area contributed by atoms with E-state index < -0.39 is 0 Å². The van der Waals surface area contributed by atoms with Gasteiger partial charge in [0.25, 0.3) is 0 Å². The SMILES string of the molecule is CC(C)N(CC(=O)N(Cc1ccccc1)Cc1cccn1C)C(=O)C[C@H](C)CC(C)(C)C. The summed E-state index contributed by atoms with van der Waals surface area (Å²) in [6, 6.07) is 14.0. The lowest BCUT2D eigenvalue weighted by Crippen LogP contribution is -2.46. The fourth-order valence-electron chi connectivity index (χ4n) is 4.23. The lowest BCUT2D eigenvalue weighted by molar-refractivity contribution is -0.143. The van der Waals surface area contributed by atoms with Gasteiger partial charge < -0.3 is 14.4 Å². The molecule has 1 aromatic heterocycles. The Balaban J connectivity index is 2.14. The van der Waals surface area contributed by atoms with Crippen molar-refractivity contribution in [2.75, 3.05) is 6.54 Å². The van der Waals surface area contributed by atoms with E-state index in [1.54, 1.807) is 4.90 Å². The van der Waals surface area contributed by atoms with E-state index in [9.17, 15) is 9.59 Å². The second-order valence-electron chi connectivity index (χ2n) is 10.5. The number of benzene rings is 1. The average molecular weight is 440 g/mol. The van der Waals surface area contributed by atoms with Crippen molar-refractivity contribution in [3.8, 4) is 0 Å². The molecule has 2 rings (SSSR count). The molecule has 0 aliphatic carbocycles. The lowest BCUT2D eigenvalue weighted by Gasteiger charge is -2.32. The fourth-order valence-corrected chi connectivity index (χ4v) is 4.23. The van der Waals surface area contributed by atoms with Crippen LogP contribution in [0.5, 0.6) is 0 Å². The number of carbonyl (C=O) groups is 2. The monoisotopic (exact) mass is 439 g/mol. The van der Waals surface area contributed by atoms with Crippen molar-refractivity contribution >= 4 is 11.8 Å². The highest BCUT2D eigenvalue weighted by Gasteiger charge is 2.26. The zero-order chi connectivity index (χ0) is 23.9. The molecule has 0 aliphatic heterocycles. The number of nitrogens with zero attached hydrogens (tertiary/aromatic N) is 3. The Morgan fingerprint density at radius 1 is 0.938 bits per heavy atom. The molecule has 0 bridgehead atoms. The summed E-state index contributed by atoms with van der Waals surface area (Å²) in [5, 5.41) is 0. The standard InChI is InChI=1S/C27H41N3O2/c1-21(2)30(25(31)16-22(3)17-27(4,5)6)20-26(32)29(18-23-12-9-8-10-13-23)19-24-14-11-15-28(24)7/h8-15,21-22H,16-20H2,1-7H3/t22-/m0/s1. The summed E-state index contributed by atoms with van der Waals surface area (Å²) in [6.07, 6.45) is 3.44. The lowest BCUT2D eigenvalue weighted by atomic mass is 9.84. The van der Waals surface area contributed by atoms with Crippen LogP contribution in [0.1, 0.15) is 65.6 Å². The first-order valence-electron chi connectivity index (χ1n) is 11.7. The van der Waals surface area contributed by atoms with E-state index in [0.717, 1.165) is 17.7 Å². The van der Waals surface area contributed by atoms with Gasteiger partial charge in [0.05, 0.1) is 13.1 Å². The molecule has 0 aliphatic rings. The second kappa shape index (κ2) is 11.3. The number of amides is 2. The molecule has 1 aromatic carbocycles. The minimum Gasteiger partial charge on any atom is -0.353 e. The highest BCUT2D eigenvalue weighted by atomic mass is 16.2. The van der Waals surface area contributed by atoms with Crippen LogP contribution in [0.25, 0.3) is 0 Å². The van der Waals surface area contributed by atoms with Gasteiger partial charge in [0, 0.05) is 37.9 Å². The van der Waals surface area contributed by atoms with Gasteiger partial charge in [-0.05, 0) is 49.3 Å². The number of aryl methyl sites for hydroxylation is 1. The Morgan fingerprint density at radius 2 is 1.59 bits per heavy atom. The molecule has 2 amide bonds. The van der Waals surface area contributed by atoms with Crippen LogP contribution in [0.15, 0.2) is 48.7 Å². The van der Waals surface area contributed by atoms with Crippen LogP contribution in [0.3, 0.4) is 0 Å². The van der Waals surface area contributed by atoms with Gasteiger partial charge in [-0.3, -0.25) is 9.59 Å². The second-order valence-corrected chi connectivity index (χ2v) is 10.5. The van der Waals surface area contributed by atoms with Gasteiger partial charge in [-0.2, -0.15) is 0 Å². The van der Waals surface area contributed by atoms with Crippen molar-refractivity contribution < 1.29 is 9.59 Å². The zero-order valence-corrected chi connectivity index (χ0v) is 21.0. The minimum absolute atomic E-state index is 0.0260. The predicted molar refractivity (Wildman–Crippen MR) is 131 cm³/mol. The number of aromatic nitrogens is 1. The maximum absolute atomic E-state index is 13.4. The number of rotatable bonds is 10. The van der Waals surface area contributed by atoms with Gasteiger partial charge in [0.1, 0.15) is 0 Å². The van der Waals surface area contributed by atoms with Crippen LogP contribution >= 0.6 is 0 Å². The summed E-state index contributed by atoms with van der Waals surface area (Å²) < 4.78 is 2.03. The summed E-state index contributed by atoms with van der Waals surface area (Å²) in [7, 11) is 1.99. The van der Waals surface area contributed by atoms with Gasteiger partial charge >= 0.3 is 0 Å². The molecule has 5 heteroatoms. The topological polar surface area (TPSA) is 45.6 Å². The molecular formula is C27H41N3O2. The number of hydrogen-bond donors (Lipinski definition) is 0. The van der Waals surface area contributed by atoms with Gasteiger partial charge in [-0.1, -0.05) is 58.0 Å². The molecule has 32 heavy (non-hydrogen) atoms. The largest absolute Gasteiger partial charge is 0.353 e. The van der Waals surface area contributed by atoms with Crippen molar-refractivity contribution in [2.45, 2.75) is 73.5 Å². The molecule has 0 fully saturated rings. The van der Waals surface area contributed by atoms with Crippen LogP contribution in [0.4, 0.5) is 0 Å². The molecule has 1 atom stereocenters. The quantitative estimate of drug-likeness (QED) is 0.507. The zero-order valence-electron chi connectivity index (χ0n) is 21.0. The van der Waals surface area contributed by atoms with E-state index in [1.807, 2.05) is 79.0 Å². The third kappa shape index (κ3) is 8.18. The molecular weight excluding hydrogens is 398 g/mol. The van der Waals surface area contributed by atoms with Crippen molar-refractivity contribution in [2.24, 2.45) is 18.4 Å². The van der Waals surface area contributed by atoms with Gasteiger partial charge in [-0.25, -0.2) is 0 Å². The van der Waals surface area contributed by atoms with Gasteiger partial charge in [0.2, 0.25) is 11.8 Å². The molecule has 0 saturated heterocycles. The van der Waals surface area contributed by atoms with Crippen LogP contribution in [-0.2, 0) is 29.7 Å². The van der Waals surface area contributed by atoms with E-state index in [-0.39, 0.29) is 35.7 Å². The van der Waals surface area contributed by atoms with Crippen LogP contribution in [0, 0.1) is 11.3 Å². The number of carbonyl (C=O) groups excluding carboxylic acids is 2. The first-order chi connectivity index (χ1) is 15.0. The number of hydrogen-bond acceptors (Lipinski definition) is 2. The average Bonchev–Trinajstić information content (AvgIpc) is 3.08. The van der Waals surface area contributed by atoms with E-state index in [0.29, 0.717) is 19.5 Å². The summed E-state index contributed by atoms with van der Waals surface area (Å²) in [5.74, 6) is 0.312. The van der Waals surface area contributed by atoms with Crippen molar-refractivity contribution in [1.29, 1.82) is 0 Å². The predicted octanol–water partition coefficient (Wildman–Crippen LogP) is 5.25. The maximum Gasteiger partial charge on any atom is 0.242 e. The Morgan fingerprint density at radius 3 is 2.12 bits per heavy atom. The molecule has 0 spiro atoms. The van der Waals surface area contributed by atoms with Gasteiger partial charge in [-0.15, -0.1) is 0 Å². The molecule has 0 saturated carbocycles. The molecule has 1 heterocycles. The van der Waals surface area contributed by atoms with E-state index in [4.69, 9.17) is 0 Å². The van der Waals surface area contributed by atoms with Crippen LogP contribution < -0.4 is 0 Å². The highest BCUT2D eigenvalue weighted by Crippen LogP contribution is 2.26. The first-order valence-corrected chi connectivity index (χ1v) is 11.7. The van der Waals surface area contributed by atoms with Gasteiger partial charge in [0.15, 0.2) is 0 Å². The smallest absolute Gasteiger partial charge is 0.242 e. The summed E-state index contributed by atoms with van der Waals surface area (Å²) in [4.78, 5) is 30.2. The Kier molecular flexibility index (Phi) is 9.11. The fraction of sp³-hybridized carbons (Fsp3) is 0.556. The minimum atomic E-state index is -0.0272. The van der Waals surface area contributed by atoms with E-state index in [1.165, 1.54) is 0 Å². The summed E-state index contributed by atoms with van der Waals surface area (Å²) >= 11 is 0. The highest BCUT2D eigenvalue weighted by molar-refractivity contribution is 5.85. The third-order valence-corrected chi connectivity index (χ3v) is 5.71. The molecule has 0 radical (unpaired) electrons. The molecule has 0 unspecified atom stereocenters. The Labute approximate surface area is 194 Å². The van der Waals surface area contributed by atoms with Crippen molar-refractivity contribution in [3.05, 3.63) is 59.9 Å². The van der Waals surface area contributed by atoms with Crippen molar-refractivity contribution in [3.63, 3.8) is 0 Å². The summed E-state index contributed by atoms with van der Waals surface area (Å²) in [6.45, 7) is 13.8. The van der Waals surface area contributed by atoms with E-state index >= 15 is 0 Å². The molecule has 5 nitrogen and oxygen atoms in total. The Hall–Kier alpha value is -2.56. The summed E-state index contributed by atoms with van der Waals surface area (Å²) in [5.41, 5.74) is 2.33. The normalized spacial score (nSPS) is 12.6. The maximum atomic E-state index is 13.4. The molecule has 176 valence electrons. The van der Waals surface area contributed by atoms with Crippen LogP contribution in [0.2, 0.25) is 0 Å². The van der Waals surface area contributed by atoms with E-state index in [2.05, 4.69) is 27.7 Å². The third-order valence-electron chi connectivity index (χ3n) is 5.71.